The number of carboxylic acids is 1. The van der Waals surface area contributed by atoms with E-state index in [0.717, 1.165) is 5.01 Å². The Morgan fingerprint density at radius 1 is 1.33 bits per heavy atom. The smallest absolute Gasteiger partial charge is 0.326 e. The highest BCUT2D eigenvalue weighted by Crippen LogP contribution is 2.20. The summed E-state index contributed by atoms with van der Waals surface area (Å²) in [4.78, 5) is 22.7. The van der Waals surface area contributed by atoms with Crippen LogP contribution in [0, 0.1) is 12.3 Å². The Labute approximate surface area is 109 Å². The molecule has 1 aromatic heterocycles. The summed E-state index contributed by atoms with van der Waals surface area (Å²) in [5, 5.41) is 22.4. The predicted molar refractivity (Wildman–Crippen MR) is 67.7 cm³/mol. The summed E-state index contributed by atoms with van der Waals surface area (Å²) in [5.74, 6) is -1.08. The molecular weight excluding hydrogens is 256 g/mol. The second kappa shape index (κ2) is 5.30. The van der Waals surface area contributed by atoms with Crippen molar-refractivity contribution in [3.63, 3.8) is 0 Å². The third kappa shape index (κ3) is 3.95. The van der Waals surface area contributed by atoms with Crippen molar-refractivity contribution in [3.8, 4) is 0 Å². The minimum Gasteiger partial charge on any atom is -0.480 e. The maximum atomic E-state index is 11.6. The third-order valence-corrected chi connectivity index (χ3v) is 2.89. The summed E-state index contributed by atoms with van der Waals surface area (Å²) in [7, 11) is 0. The Morgan fingerprint density at radius 3 is 2.33 bits per heavy atom. The Bertz CT molecular complexity index is 452. The zero-order valence-electron chi connectivity index (χ0n) is 10.6. The van der Waals surface area contributed by atoms with Gasteiger partial charge in [-0.1, -0.05) is 32.1 Å². The molecule has 1 unspecified atom stereocenters. The molecular formula is C10H16N4O3S. The van der Waals surface area contributed by atoms with Gasteiger partial charge in [0.05, 0.1) is 0 Å². The van der Waals surface area contributed by atoms with E-state index in [-0.39, 0.29) is 0 Å². The first-order chi connectivity index (χ1) is 8.20. The van der Waals surface area contributed by atoms with Crippen LogP contribution in [0.2, 0.25) is 0 Å². The van der Waals surface area contributed by atoms with Gasteiger partial charge in [0.25, 0.3) is 0 Å². The molecule has 3 N–H and O–H groups in total. The first kappa shape index (κ1) is 14.4. The number of anilines is 1. The molecule has 0 spiro atoms. The van der Waals surface area contributed by atoms with Gasteiger partial charge in [0.2, 0.25) is 5.13 Å². The fourth-order valence-electron chi connectivity index (χ4n) is 1.26. The Balaban J connectivity index is 2.65. The molecule has 1 aromatic rings. The van der Waals surface area contributed by atoms with E-state index in [2.05, 4.69) is 20.8 Å². The van der Waals surface area contributed by atoms with Crippen LogP contribution in [0.3, 0.4) is 0 Å². The molecule has 0 aromatic carbocycles. The molecule has 0 aliphatic rings. The van der Waals surface area contributed by atoms with Crippen molar-refractivity contribution in [2.24, 2.45) is 5.41 Å². The van der Waals surface area contributed by atoms with Gasteiger partial charge in [-0.25, -0.2) is 9.59 Å². The highest BCUT2D eigenvalue weighted by Gasteiger charge is 2.32. The second-order valence-corrected chi connectivity index (χ2v) is 6.04. The van der Waals surface area contributed by atoms with Crippen LogP contribution in [0.5, 0.6) is 0 Å². The van der Waals surface area contributed by atoms with E-state index in [1.165, 1.54) is 11.3 Å². The summed E-state index contributed by atoms with van der Waals surface area (Å²) >= 11 is 1.22. The van der Waals surface area contributed by atoms with Crippen molar-refractivity contribution in [1.29, 1.82) is 0 Å². The molecule has 8 heteroatoms. The van der Waals surface area contributed by atoms with Crippen LogP contribution in [-0.4, -0.2) is 33.3 Å². The summed E-state index contributed by atoms with van der Waals surface area (Å²) in [5.41, 5.74) is -0.583. The van der Waals surface area contributed by atoms with Crippen molar-refractivity contribution in [1.82, 2.24) is 15.5 Å². The number of aliphatic carboxylic acids is 1. The number of aromatic nitrogens is 2. The lowest BCUT2D eigenvalue weighted by Gasteiger charge is -2.27. The molecule has 7 nitrogen and oxygen atoms in total. The van der Waals surface area contributed by atoms with Gasteiger partial charge < -0.3 is 10.4 Å². The van der Waals surface area contributed by atoms with Gasteiger partial charge in [-0.3, -0.25) is 5.32 Å². The average Bonchev–Trinajstić information content (AvgIpc) is 2.58. The van der Waals surface area contributed by atoms with Gasteiger partial charge in [0.1, 0.15) is 11.0 Å². The monoisotopic (exact) mass is 272 g/mol. The minimum absolute atomic E-state index is 0.336. The van der Waals surface area contributed by atoms with E-state index in [4.69, 9.17) is 5.11 Å². The maximum absolute atomic E-state index is 11.6. The van der Waals surface area contributed by atoms with Gasteiger partial charge in [-0.2, -0.15) is 0 Å². The fraction of sp³-hybridized carbons (Fsp3) is 0.600. The number of rotatable bonds is 3. The Kier molecular flexibility index (Phi) is 4.23. The van der Waals surface area contributed by atoms with Crippen LogP contribution in [-0.2, 0) is 4.79 Å². The quantitative estimate of drug-likeness (QED) is 0.772. The number of urea groups is 1. The highest BCUT2D eigenvalue weighted by molar-refractivity contribution is 7.15. The molecule has 1 rings (SSSR count). The van der Waals surface area contributed by atoms with Crippen molar-refractivity contribution in [2.45, 2.75) is 33.7 Å². The van der Waals surface area contributed by atoms with E-state index in [1.807, 2.05) is 0 Å². The topological polar surface area (TPSA) is 104 Å². The maximum Gasteiger partial charge on any atom is 0.326 e. The van der Waals surface area contributed by atoms with Crippen LogP contribution >= 0.6 is 11.3 Å². The zero-order valence-corrected chi connectivity index (χ0v) is 11.5. The SMILES string of the molecule is Cc1nnc(NC(=O)NC(C(=O)O)C(C)(C)C)s1. The molecule has 2 amide bonds. The van der Waals surface area contributed by atoms with Crippen molar-refractivity contribution < 1.29 is 14.7 Å². The van der Waals surface area contributed by atoms with E-state index in [1.54, 1.807) is 27.7 Å². The number of nitrogens with one attached hydrogen (secondary N) is 2. The van der Waals surface area contributed by atoms with E-state index in [0.29, 0.717) is 5.13 Å². The van der Waals surface area contributed by atoms with E-state index < -0.39 is 23.5 Å². The van der Waals surface area contributed by atoms with Gasteiger partial charge in [-0.05, 0) is 12.3 Å². The van der Waals surface area contributed by atoms with Gasteiger partial charge >= 0.3 is 12.0 Å². The number of amides is 2. The number of carbonyl (C=O) groups excluding carboxylic acids is 1. The second-order valence-electron chi connectivity index (χ2n) is 4.86. The Morgan fingerprint density at radius 2 is 1.94 bits per heavy atom. The first-order valence-corrected chi connectivity index (χ1v) is 6.12. The lowest BCUT2D eigenvalue weighted by atomic mass is 9.87. The van der Waals surface area contributed by atoms with Crippen molar-refractivity contribution in [2.75, 3.05) is 5.32 Å². The van der Waals surface area contributed by atoms with E-state index in [9.17, 15) is 9.59 Å². The molecule has 0 bridgehead atoms. The van der Waals surface area contributed by atoms with E-state index >= 15 is 0 Å². The molecule has 1 atom stereocenters. The lowest BCUT2D eigenvalue weighted by molar-refractivity contribution is -0.141. The largest absolute Gasteiger partial charge is 0.480 e. The molecule has 0 fully saturated rings. The number of hydrogen-bond donors (Lipinski definition) is 3. The molecule has 0 aliphatic heterocycles. The van der Waals surface area contributed by atoms with Crippen LogP contribution < -0.4 is 10.6 Å². The molecule has 0 saturated carbocycles. The summed E-state index contributed by atoms with van der Waals surface area (Å²) < 4.78 is 0. The number of aryl methyl sites for hydroxylation is 1. The van der Waals surface area contributed by atoms with Crippen LogP contribution in [0.4, 0.5) is 9.93 Å². The van der Waals surface area contributed by atoms with Gasteiger partial charge in [0.15, 0.2) is 0 Å². The van der Waals surface area contributed by atoms with Crippen LogP contribution in [0.1, 0.15) is 25.8 Å². The number of nitrogens with zero attached hydrogens (tertiary/aromatic N) is 2. The number of carbonyl (C=O) groups is 2. The van der Waals surface area contributed by atoms with Crippen LogP contribution in [0.15, 0.2) is 0 Å². The normalized spacial score (nSPS) is 12.9. The highest BCUT2D eigenvalue weighted by atomic mass is 32.1. The van der Waals surface area contributed by atoms with Crippen molar-refractivity contribution in [3.05, 3.63) is 5.01 Å². The number of hydrogen-bond acceptors (Lipinski definition) is 5. The molecule has 100 valence electrons. The number of carboxylic acid groups (broad SMARTS) is 1. The minimum atomic E-state index is -1.08. The fourth-order valence-corrected chi connectivity index (χ4v) is 1.85. The summed E-state index contributed by atoms with van der Waals surface area (Å²) in [6, 6.07) is -1.58. The zero-order chi connectivity index (χ0) is 13.9. The summed E-state index contributed by atoms with van der Waals surface area (Å²) in [6.45, 7) is 6.97. The predicted octanol–water partition coefficient (Wildman–Crippen LogP) is 1.47. The van der Waals surface area contributed by atoms with Crippen molar-refractivity contribution >= 4 is 28.5 Å². The standard InChI is InChI=1S/C10H16N4O3S/c1-5-13-14-9(18-5)12-8(17)11-6(7(15)16)10(2,3)4/h6H,1-4H3,(H,15,16)(H2,11,12,14,17). The first-order valence-electron chi connectivity index (χ1n) is 5.30. The molecule has 0 radical (unpaired) electrons. The Hall–Kier alpha value is -1.70. The molecule has 0 aliphatic carbocycles. The van der Waals surface area contributed by atoms with Gasteiger partial charge in [-0.15, -0.1) is 10.2 Å². The van der Waals surface area contributed by atoms with Gasteiger partial charge in [0, 0.05) is 0 Å². The molecule has 18 heavy (non-hydrogen) atoms. The third-order valence-electron chi connectivity index (χ3n) is 2.13. The molecule has 1 heterocycles. The average molecular weight is 272 g/mol. The van der Waals surface area contributed by atoms with Crippen LogP contribution in [0.25, 0.3) is 0 Å². The summed E-state index contributed by atoms with van der Waals surface area (Å²) in [6.07, 6.45) is 0. The lowest BCUT2D eigenvalue weighted by Crippen LogP contribution is -2.50. The molecule has 0 saturated heterocycles.